The van der Waals surface area contributed by atoms with Gasteiger partial charge in [0.05, 0.1) is 26.4 Å². The van der Waals surface area contributed by atoms with E-state index in [0.29, 0.717) is 31.6 Å². The average molecular weight is 1580 g/mol. The minimum Gasteiger partial charge on any atom is -0.462 e. The lowest BCUT2D eigenvalue weighted by Gasteiger charge is -2.21. The molecule has 0 heterocycles. The molecule has 0 aliphatic rings. The number of carbonyl (C=O) groups is 4. The molecule has 17 nitrogen and oxygen atoms in total. The van der Waals surface area contributed by atoms with Crippen molar-refractivity contribution in [2.45, 2.75) is 485 Å². The normalized spacial score (nSPS) is 13.9. The molecule has 3 unspecified atom stereocenters. The summed E-state index contributed by atoms with van der Waals surface area (Å²) in [6.07, 6.45) is 68.3. The second-order valence-electron chi connectivity index (χ2n) is 33.9. The molecule has 0 fully saturated rings. The highest BCUT2D eigenvalue weighted by atomic mass is 31.2. The molecule has 108 heavy (non-hydrogen) atoms. The number of ether oxygens (including phenoxy) is 4. The lowest BCUT2D eigenvalue weighted by Crippen LogP contribution is -2.30. The summed E-state index contributed by atoms with van der Waals surface area (Å²) in [6.45, 7) is 14.3. The quantitative estimate of drug-likeness (QED) is 0.0222. The molecular formula is C89H174O17P2. The molecule has 0 radical (unpaired) electrons. The number of rotatable bonds is 86. The summed E-state index contributed by atoms with van der Waals surface area (Å²) < 4.78 is 68.9. The molecule has 5 atom stereocenters. The topological polar surface area (TPSA) is 237 Å². The van der Waals surface area contributed by atoms with Crippen molar-refractivity contribution in [3.8, 4) is 0 Å². The van der Waals surface area contributed by atoms with Gasteiger partial charge in [-0.25, -0.2) is 9.13 Å². The van der Waals surface area contributed by atoms with Crippen molar-refractivity contribution in [3.63, 3.8) is 0 Å². The van der Waals surface area contributed by atoms with Gasteiger partial charge in [-0.1, -0.05) is 415 Å². The molecule has 3 N–H and O–H groups in total. The fourth-order valence-corrected chi connectivity index (χ4v) is 15.4. The van der Waals surface area contributed by atoms with Gasteiger partial charge in [0, 0.05) is 25.7 Å². The molecule has 0 aliphatic heterocycles. The third kappa shape index (κ3) is 82.1. The molecule has 0 saturated heterocycles. The Morgan fingerprint density at radius 1 is 0.231 bits per heavy atom. The van der Waals surface area contributed by atoms with Crippen molar-refractivity contribution >= 4 is 39.5 Å². The van der Waals surface area contributed by atoms with E-state index in [2.05, 4.69) is 55.4 Å². The first-order valence-electron chi connectivity index (χ1n) is 45.7. The predicted octanol–water partition coefficient (Wildman–Crippen LogP) is 27.1. The monoisotopic (exact) mass is 1580 g/mol. The van der Waals surface area contributed by atoms with E-state index >= 15 is 0 Å². The number of aliphatic hydroxyl groups is 1. The third-order valence-electron chi connectivity index (χ3n) is 20.8. The Labute approximate surface area is 664 Å². The maximum atomic E-state index is 13.2. The molecule has 0 aliphatic carbocycles. The van der Waals surface area contributed by atoms with Crippen molar-refractivity contribution in [1.29, 1.82) is 0 Å². The lowest BCUT2D eigenvalue weighted by atomic mass is 10.0. The van der Waals surface area contributed by atoms with Crippen molar-refractivity contribution < 1.29 is 80.2 Å². The van der Waals surface area contributed by atoms with Gasteiger partial charge in [-0.15, -0.1) is 0 Å². The zero-order chi connectivity index (χ0) is 79.5. The highest BCUT2D eigenvalue weighted by Gasteiger charge is 2.31. The molecule has 0 aromatic carbocycles. The minimum atomic E-state index is -4.97. The Hall–Kier alpha value is -1.94. The number of phosphoric ester groups is 2. The van der Waals surface area contributed by atoms with Crippen molar-refractivity contribution in [3.05, 3.63) is 0 Å². The van der Waals surface area contributed by atoms with Crippen LogP contribution in [-0.2, 0) is 65.4 Å². The standard InChI is InChI=1S/C89H174O17P2/c1-79(2)65-57-49-41-35-29-23-17-11-9-10-12-21-27-33-39-45-55-63-71-88(93)105-84(75-99-86(91)69-61-53-44-38-32-26-20-15-13-18-24-30-36-42-50-58-66-80(3)4)77-103-107(95,96)101-73-83(90)74-102-108(97,98)104-78-85(76-100-87(92)70-62-54-48-47-52-60-68-82(7)8)106-89(94)72-64-56-46-40-34-28-22-16-14-19-25-31-37-43-51-59-67-81(5)6/h79-85,90H,9-78H2,1-8H3,(H,95,96)(H,97,98)/t83?,84-,85-/m1/s1. The summed E-state index contributed by atoms with van der Waals surface area (Å²) in [5, 5.41) is 10.7. The summed E-state index contributed by atoms with van der Waals surface area (Å²) >= 11 is 0. The predicted molar refractivity (Wildman–Crippen MR) is 446 cm³/mol. The largest absolute Gasteiger partial charge is 0.472 e. The van der Waals surface area contributed by atoms with E-state index in [-0.39, 0.29) is 25.7 Å². The maximum Gasteiger partial charge on any atom is 0.472 e. The van der Waals surface area contributed by atoms with Gasteiger partial charge >= 0.3 is 39.5 Å². The summed E-state index contributed by atoms with van der Waals surface area (Å²) in [4.78, 5) is 73.3. The van der Waals surface area contributed by atoms with Gasteiger partial charge in [0.25, 0.3) is 0 Å². The van der Waals surface area contributed by atoms with Crippen LogP contribution in [0.15, 0.2) is 0 Å². The molecule has 0 amide bonds. The van der Waals surface area contributed by atoms with E-state index in [1.807, 2.05) is 0 Å². The molecule has 0 saturated carbocycles. The van der Waals surface area contributed by atoms with Gasteiger partial charge in [-0.2, -0.15) is 0 Å². The Morgan fingerprint density at radius 3 is 0.574 bits per heavy atom. The first kappa shape index (κ1) is 106. The zero-order valence-electron chi connectivity index (χ0n) is 71.5. The van der Waals surface area contributed by atoms with E-state index in [9.17, 15) is 43.2 Å². The van der Waals surface area contributed by atoms with Gasteiger partial charge in [0.1, 0.15) is 19.3 Å². The summed E-state index contributed by atoms with van der Waals surface area (Å²) in [7, 11) is -9.93. The smallest absolute Gasteiger partial charge is 0.462 e. The number of unbranched alkanes of at least 4 members (excludes halogenated alkanes) is 52. The highest BCUT2D eigenvalue weighted by Crippen LogP contribution is 2.45. The second kappa shape index (κ2) is 77.6. The van der Waals surface area contributed by atoms with Crippen LogP contribution in [0.2, 0.25) is 0 Å². The molecule has 0 rings (SSSR count). The van der Waals surface area contributed by atoms with Crippen LogP contribution in [0.25, 0.3) is 0 Å². The minimum absolute atomic E-state index is 0.107. The van der Waals surface area contributed by atoms with Crippen molar-refractivity contribution in [2.75, 3.05) is 39.6 Å². The van der Waals surface area contributed by atoms with Crippen LogP contribution in [0.3, 0.4) is 0 Å². The molecule has 0 aromatic rings. The first-order valence-corrected chi connectivity index (χ1v) is 48.7. The van der Waals surface area contributed by atoms with Gasteiger partial charge in [0.2, 0.25) is 0 Å². The Balaban J connectivity index is 5.20. The van der Waals surface area contributed by atoms with E-state index in [4.69, 9.17) is 37.0 Å². The van der Waals surface area contributed by atoms with Crippen LogP contribution < -0.4 is 0 Å². The SMILES string of the molecule is CC(C)CCCCCCCCCCCCCCCCCCCCC(=O)O[C@H](COC(=O)CCCCCCCCCCCCCCCCCCC(C)C)COP(=O)(O)OCC(O)COP(=O)(O)OC[C@@H](COC(=O)CCCCCCCCC(C)C)OC(=O)CCCCCCCCCCCCCCCCCCC(C)C. The first-order chi connectivity index (χ1) is 52.1. The van der Waals surface area contributed by atoms with E-state index in [0.717, 1.165) is 114 Å². The summed E-state index contributed by atoms with van der Waals surface area (Å²) in [5.41, 5.74) is 0. The number of hydrogen-bond acceptors (Lipinski definition) is 15. The van der Waals surface area contributed by atoms with Gasteiger partial charge in [-0.3, -0.25) is 37.3 Å². The second-order valence-corrected chi connectivity index (χ2v) is 36.8. The summed E-state index contributed by atoms with van der Waals surface area (Å²) in [6, 6.07) is 0. The molecule has 0 spiro atoms. The highest BCUT2D eigenvalue weighted by molar-refractivity contribution is 7.47. The number of hydrogen-bond donors (Lipinski definition) is 3. The van der Waals surface area contributed by atoms with Crippen LogP contribution in [0.4, 0.5) is 0 Å². The van der Waals surface area contributed by atoms with Crippen molar-refractivity contribution in [2.24, 2.45) is 23.7 Å². The Kier molecular flexibility index (Phi) is 76.2. The van der Waals surface area contributed by atoms with Crippen LogP contribution in [0.1, 0.15) is 466 Å². The Morgan fingerprint density at radius 2 is 0.389 bits per heavy atom. The maximum absolute atomic E-state index is 13.2. The van der Waals surface area contributed by atoms with Gasteiger partial charge in [-0.05, 0) is 49.4 Å². The van der Waals surface area contributed by atoms with E-state index in [1.165, 1.54) is 263 Å². The van der Waals surface area contributed by atoms with Gasteiger partial charge < -0.3 is 33.8 Å². The molecule has 19 heteroatoms. The van der Waals surface area contributed by atoms with E-state index in [1.54, 1.807) is 0 Å². The Bertz CT molecular complexity index is 2090. The third-order valence-corrected chi connectivity index (χ3v) is 22.7. The fraction of sp³-hybridized carbons (Fsp3) is 0.955. The fourth-order valence-electron chi connectivity index (χ4n) is 13.8. The zero-order valence-corrected chi connectivity index (χ0v) is 73.3. The number of carbonyl (C=O) groups excluding carboxylic acids is 4. The number of aliphatic hydroxyl groups excluding tert-OH is 1. The van der Waals surface area contributed by atoms with Gasteiger partial charge in [0.15, 0.2) is 12.2 Å². The molecule has 0 bridgehead atoms. The average Bonchev–Trinajstić information content (AvgIpc) is 0.897. The van der Waals surface area contributed by atoms with Crippen LogP contribution in [-0.4, -0.2) is 96.7 Å². The van der Waals surface area contributed by atoms with Crippen molar-refractivity contribution in [1.82, 2.24) is 0 Å². The number of phosphoric acid groups is 2. The number of esters is 4. The lowest BCUT2D eigenvalue weighted by molar-refractivity contribution is -0.161. The molecule has 0 aromatic heterocycles. The summed E-state index contributed by atoms with van der Waals surface area (Å²) in [5.74, 6) is 1.02. The van der Waals surface area contributed by atoms with Crippen LogP contribution in [0, 0.1) is 23.7 Å². The molecule has 642 valence electrons. The molecular weight excluding hydrogens is 1400 g/mol. The van der Waals surface area contributed by atoms with Crippen LogP contribution >= 0.6 is 15.6 Å². The van der Waals surface area contributed by atoms with E-state index < -0.39 is 97.5 Å². The van der Waals surface area contributed by atoms with Crippen LogP contribution in [0.5, 0.6) is 0 Å².